The lowest BCUT2D eigenvalue weighted by molar-refractivity contribution is -0.167. The van der Waals surface area contributed by atoms with Gasteiger partial charge in [-0.25, -0.2) is 0 Å². The number of nitrogens with zero attached hydrogens (tertiary/aromatic N) is 3. The van der Waals surface area contributed by atoms with Crippen LogP contribution >= 0.6 is 0 Å². The van der Waals surface area contributed by atoms with Gasteiger partial charge in [-0.05, 0) is 18.1 Å². The molecule has 3 fully saturated rings. The van der Waals surface area contributed by atoms with Gasteiger partial charge in [0.1, 0.15) is 12.1 Å². The number of hydrogen-bond acceptors (Lipinski definition) is 4. The fourth-order valence-electron chi connectivity index (χ4n) is 5.59. The van der Waals surface area contributed by atoms with Crippen LogP contribution in [-0.4, -0.2) is 63.5 Å². The molecule has 3 aliphatic rings. The second-order valence-electron chi connectivity index (χ2n) is 9.06. The molecule has 0 bridgehead atoms. The van der Waals surface area contributed by atoms with Gasteiger partial charge in [-0.15, -0.1) is 0 Å². The minimum absolute atomic E-state index is 0.0867. The van der Waals surface area contributed by atoms with Crippen molar-refractivity contribution < 1.29 is 19.2 Å². The highest BCUT2D eigenvalue weighted by molar-refractivity contribution is 6.12. The largest absolute Gasteiger partial charge is 0.327 e. The van der Waals surface area contributed by atoms with E-state index in [1.54, 1.807) is 13.0 Å². The highest BCUT2D eigenvalue weighted by Gasteiger charge is 2.71. The molecule has 0 radical (unpaired) electrons. The molecule has 7 nitrogen and oxygen atoms in total. The molecule has 3 aliphatic heterocycles. The Morgan fingerprint density at radius 3 is 2.24 bits per heavy atom. The summed E-state index contributed by atoms with van der Waals surface area (Å²) in [5, 5.41) is 0. The molecule has 33 heavy (non-hydrogen) atoms. The highest BCUT2D eigenvalue weighted by atomic mass is 16.2. The smallest absolute Gasteiger partial charge is 0.249 e. The van der Waals surface area contributed by atoms with E-state index in [4.69, 9.17) is 0 Å². The summed E-state index contributed by atoms with van der Waals surface area (Å²) in [6.07, 6.45) is 3.64. The monoisotopic (exact) mass is 443 g/mol. The van der Waals surface area contributed by atoms with Crippen molar-refractivity contribution in [3.63, 3.8) is 0 Å². The third-order valence-electron chi connectivity index (χ3n) is 7.16. The SMILES string of the molecule is CN1C(=O)C2C(C=Cc3ccccc3)N3C(=O)CN(Cc4ccccc4)C(=O)[C@@]3(C)C2C1=O. The predicted octanol–water partition coefficient (Wildman–Crippen LogP) is 1.94. The lowest BCUT2D eigenvalue weighted by Crippen LogP contribution is -2.68. The van der Waals surface area contributed by atoms with Crippen molar-refractivity contribution in [3.8, 4) is 0 Å². The molecule has 0 aliphatic carbocycles. The second kappa shape index (κ2) is 7.69. The molecule has 0 spiro atoms. The Balaban J connectivity index is 1.56. The first-order valence-electron chi connectivity index (χ1n) is 11.0. The van der Waals surface area contributed by atoms with E-state index >= 15 is 0 Å². The van der Waals surface area contributed by atoms with Gasteiger partial charge in [0.15, 0.2) is 0 Å². The molecule has 168 valence electrons. The molecule has 5 rings (SSSR count). The van der Waals surface area contributed by atoms with E-state index in [9.17, 15) is 19.2 Å². The van der Waals surface area contributed by atoms with Crippen molar-refractivity contribution in [1.82, 2.24) is 14.7 Å². The maximum Gasteiger partial charge on any atom is 0.249 e. The van der Waals surface area contributed by atoms with Crippen molar-refractivity contribution >= 4 is 29.7 Å². The van der Waals surface area contributed by atoms with E-state index in [1.807, 2.05) is 66.7 Å². The number of rotatable bonds is 4. The number of benzene rings is 2. The Morgan fingerprint density at radius 1 is 0.939 bits per heavy atom. The summed E-state index contributed by atoms with van der Waals surface area (Å²) in [5.74, 6) is -3.00. The van der Waals surface area contributed by atoms with Crippen LogP contribution in [0, 0.1) is 11.8 Å². The predicted molar refractivity (Wildman–Crippen MR) is 121 cm³/mol. The van der Waals surface area contributed by atoms with Crippen molar-refractivity contribution in [2.75, 3.05) is 13.6 Å². The average Bonchev–Trinajstić information content (AvgIpc) is 3.23. The van der Waals surface area contributed by atoms with E-state index in [2.05, 4.69) is 0 Å². The summed E-state index contributed by atoms with van der Waals surface area (Å²) in [7, 11) is 1.45. The van der Waals surface area contributed by atoms with Crippen molar-refractivity contribution in [1.29, 1.82) is 0 Å². The number of likely N-dealkylation sites (tertiary alicyclic amines) is 1. The standard InChI is InChI=1S/C26H25N3O4/c1-26-22-21(23(31)27(2)24(22)32)19(14-13-17-9-5-3-6-10-17)29(26)20(30)16-28(25(26)33)15-18-11-7-4-8-12-18/h3-14,19,21-22H,15-16H2,1-2H3/t19?,21?,22?,26-/m1/s1. The molecule has 3 unspecified atom stereocenters. The van der Waals surface area contributed by atoms with Gasteiger partial charge in [0.25, 0.3) is 0 Å². The maximum absolute atomic E-state index is 13.8. The molecule has 0 saturated carbocycles. The Hall–Kier alpha value is -3.74. The van der Waals surface area contributed by atoms with Gasteiger partial charge < -0.3 is 9.80 Å². The first kappa shape index (κ1) is 21.1. The van der Waals surface area contributed by atoms with Crippen molar-refractivity contribution in [3.05, 3.63) is 77.9 Å². The van der Waals surface area contributed by atoms with Crippen LogP contribution in [0.5, 0.6) is 0 Å². The molecule has 4 amide bonds. The number of piperazine rings is 1. The molecule has 3 saturated heterocycles. The van der Waals surface area contributed by atoms with E-state index in [1.165, 1.54) is 16.8 Å². The number of carbonyl (C=O) groups excluding carboxylic acids is 4. The lowest BCUT2D eigenvalue weighted by Gasteiger charge is -2.46. The Labute approximate surface area is 192 Å². The molecule has 7 heteroatoms. The van der Waals surface area contributed by atoms with Crippen LogP contribution in [0.4, 0.5) is 0 Å². The number of fused-ring (bicyclic) bond motifs is 3. The number of carbonyl (C=O) groups is 4. The van der Waals surface area contributed by atoms with Gasteiger partial charge in [0.2, 0.25) is 23.6 Å². The van der Waals surface area contributed by atoms with Crippen LogP contribution in [0.15, 0.2) is 66.7 Å². The van der Waals surface area contributed by atoms with Crippen LogP contribution in [-0.2, 0) is 25.7 Å². The van der Waals surface area contributed by atoms with Crippen molar-refractivity contribution in [2.24, 2.45) is 11.8 Å². The summed E-state index contributed by atoms with van der Waals surface area (Å²) >= 11 is 0. The van der Waals surface area contributed by atoms with Gasteiger partial charge >= 0.3 is 0 Å². The summed E-state index contributed by atoms with van der Waals surface area (Å²) in [6.45, 7) is 1.83. The third kappa shape index (κ3) is 3.10. The quantitative estimate of drug-likeness (QED) is 0.677. The summed E-state index contributed by atoms with van der Waals surface area (Å²) in [6, 6.07) is 18.3. The highest BCUT2D eigenvalue weighted by Crippen LogP contribution is 2.51. The van der Waals surface area contributed by atoms with E-state index in [0.717, 1.165) is 16.0 Å². The number of imide groups is 1. The molecule has 3 heterocycles. The molecule has 0 aromatic heterocycles. The van der Waals surface area contributed by atoms with E-state index in [0.29, 0.717) is 0 Å². The van der Waals surface area contributed by atoms with Crippen LogP contribution in [0.1, 0.15) is 18.1 Å². The zero-order valence-corrected chi connectivity index (χ0v) is 18.5. The second-order valence-corrected chi connectivity index (χ2v) is 9.06. The van der Waals surface area contributed by atoms with Crippen LogP contribution < -0.4 is 0 Å². The fraction of sp³-hybridized carbons (Fsp3) is 0.308. The third-order valence-corrected chi connectivity index (χ3v) is 7.16. The molecular formula is C26H25N3O4. The topological polar surface area (TPSA) is 78.0 Å². The maximum atomic E-state index is 13.8. The van der Waals surface area contributed by atoms with Gasteiger partial charge in [-0.1, -0.05) is 72.8 Å². The Bertz CT molecular complexity index is 1160. The Morgan fingerprint density at radius 2 is 1.58 bits per heavy atom. The van der Waals surface area contributed by atoms with Crippen LogP contribution in [0.3, 0.4) is 0 Å². The van der Waals surface area contributed by atoms with Crippen LogP contribution in [0.2, 0.25) is 0 Å². The summed E-state index contributed by atoms with van der Waals surface area (Å²) in [4.78, 5) is 57.6. The zero-order valence-electron chi connectivity index (χ0n) is 18.5. The minimum atomic E-state index is -1.42. The Kier molecular flexibility index (Phi) is 4.92. The number of amides is 4. The first-order valence-corrected chi connectivity index (χ1v) is 11.0. The molecule has 2 aromatic carbocycles. The van der Waals surface area contributed by atoms with Gasteiger partial charge in [0.05, 0.1) is 17.9 Å². The van der Waals surface area contributed by atoms with Crippen LogP contribution in [0.25, 0.3) is 6.08 Å². The number of hydrogen-bond donors (Lipinski definition) is 0. The summed E-state index contributed by atoms with van der Waals surface area (Å²) < 4.78 is 0. The minimum Gasteiger partial charge on any atom is -0.327 e. The van der Waals surface area contributed by atoms with Gasteiger partial charge in [-0.3, -0.25) is 24.1 Å². The first-order chi connectivity index (χ1) is 15.8. The molecule has 2 aromatic rings. The molecular weight excluding hydrogens is 418 g/mol. The average molecular weight is 444 g/mol. The zero-order chi connectivity index (χ0) is 23.3. The van der Waals surface area contributed by atoms with Gasteiger partial charge in [0, 0.05) is 13.6 Å². The van der Waals surface area contributed by atoms with E-state index in [-0.39, 0.29) is 30.8 Å². The lowest BCUT2D eigenvalue weighted by atomic mass is 9.79. The van der Waals surface area contributed by atoms with Crippen molar-refractivity contribution in [2.45, 2.75) is 25.0 Å². The van der Waals surface area contributed by atoms with Gasteiger partial charge in [-0.2, -0.15) is 0 Å². The molecule has 0 N–H and O–H groups in total. The normalized spacial score (nSPS) is 29.3. The molecule has 4 atom stereocenters. The van der Waals surface area contributed by atoms with E-state index < -0.39 is 29.3 Å². The summed E-state index contributed by atoms with van der Waals surface area (Å²) in [5.41, 5.74) is 0.392. The fourth-order valence-corrected chi connectivity index (χ4v) is 5.59.